The topological polar surface area (TPSA) is 83.6 Å². The number of benzene rings is 1. The van der Waals surface area contributed by atoms with Crippen LogP contribution in [-0.2, 0) is 6.18 Å². The number of hydrogen-bond acceptors (Lipinski definition) is 5. The molecule has 0 aliphatic rings. The quantitative estimate of drug-likeness (QED) is 0.689. The zero-order valence-electron chi connectivity index (χ0n) is 12.5. The van der Waals surface area contributed by atoms with Gasteiger partial charge in [0.05, 0.1) is 5.69 Å². The first-order valence-electron chi connectivity index (χ1n) is 6.78. The Morgan fingerprint density at radius 3 is 2.48 bits per heavy atom. The van der Waals surface area contributed by atoms with E-state index in [-0.39, 0.29) is 4.88 Å². The lowest BCUT2D eigenvalue weighted by Gasteiger charge is -1.99. The molecular weight excluding hydrogens is 362 g/mol. The summed E-state index contributed by atoms with van der Waals surface area (Å²) in [7, 11) is 0. The standard InChI is InChI=1S/C14H9F4N5OS/c1-6-9(25-11(19-6)7-2-4-8(15)5-3-7)10(24)20-13-21-12(22-23-13)14(16,17)18/h2-5H,1H3,(H2,20,21,22,23,24). The second kappa shape index (κ2) is 6.24. The maximum atomic E-state index is 13.0. The highest BCUT2D eigenvalue weighted by molar-refractivity contribution is 7.17. The fourth-order valence-electron chi connectivity index (χ4n) is 1.93. The monoisotopic (exact) mass is 371 g/mol. The van der Waals surface area contributed by atoms with E-state index in [1.807, 2.05) is 0 Å². The molecule has 2 heterocycles. The Hall–Kier alpha value is -2.82. The van der Waals surface area contributed by atoms with Crippen molar-refractivity contribution in [1.29, 1.82) is 0 Å². The van der Waals surface area contributed by atoms with Crippen LogP contribution in [0.3, 0.4) is 0 Å². The molecule has 0 spiro atoms. The molecule has 0 aliphatic carbocycles. The number of anilines is 1. The number of amides is 1. The number of aromatic amines is 1. The summed E-state index contributed by atoms with van der Waals surface area (Å²) in [4.78, 5) is 19.8. The average molecular weight is 371 g/mol. The second-order valence-corrected chi connectivity index (χ2v) is 5.90. The third-order valence-corrected chi connectivity index (χ3v) is 4.28. The van der Waals surface area contributed by atoms with Crippen LogP contribution in [0.4, 0.5) is 23.5 Å². The first kappa shape index (κ1) is 17.0. The summed E-state index contributed by atoms with van der Waals surface area (Å²) in [5.74, 6) is -2.89. The highest BCUT2D eigenvalue weighted by Crippen LogP contribution is 2.29. The van der Waals surface area contributed by atoms with Gasteiger partial charge >= 0.3 is 6.18 Å². The number of alkyl halides is 3. The van der Waals surface area contributed by atoms with Gasteiger partial charge in [0.2, 0.25) is 11.8 Å². The summed E-state index contributed by atoms with van der Waals surface area (Å²) in [6, 6.07) is 5.55. The van der Waals surface area contributed by atoms with E-state index in [9.17, 15) is 22.4 Å². The Morgan fingerprint density at radius 1 is 1.20 bits per heavy atom. The van der Waals surface area contributed by atoms with Gasteiger partial charge < -0.3 is 0 Å². The number of nitrogens with zero attached hydrogens (tertiary/aromatic N) is 3. The Labute approximate surface area is 141 Å². The minimum absolute atomic E-state index is 0.192. The molecule has 11 heteroatoms. The van der Waals surface area contributed by atoms with Crippen molar-refractivity contribution < 1.29 is 22.4 Å². The minimum atomic E-state index is -4.69. The predicted molar refractivity (Wildman–Crippen MR) is 81.6 cm³/mol. The van der Waals surface area contributed by atoms with Crippen molar-refractivity contribution in [2.24, 2.45) is 0 Å². The van der Waals surface area contributed by atoms with Crippen LogP contribution in [0, 0.1) is 12.7 Å². The molecule has 0 saturated heterocycles. The van der Waals surface area contributed by atoms with Gasteiger partial charge in [-0.1, -0.05) is 0 Å². The molecule has 0 bridgehead atoms. The Morgan fingerprint density at radius 2 is 1.88 bits per heavy atom. The molecule has 0 radical (unpaired) electrons. The Balaban J connectivity index is 1.81. The first-order chi connectivity index (χ1) is 11.7. The van der Waals surface area contributed by atoms with Gasteiger partial charge in [-0.2, -0.15) is 18.2 Å². The van der Waals surface area contributed by atoms with E-state index in [0.29, 0.717) is 16.3 Å². The lowest BCUT2D eigenvalue weighted by molar-refractivity contribution is -0.144. The molecule has 0 fully saturated rings. The summed E-state index contributed by atoms with van der Waals surface area (Å²) >= 11 is 1.02. The van der Waals surface area contributed by atoms with Crippen LogP contribution in [0.25, 0.3) is 10.6 Å². The number of halogens is 4. The highest BCUT2D eigenvalue weighted by Gasteiger charge is 2.35. The van der Waals surface area contributed by atoms with Gasteiger partial charge in [-0.25, -0.2) is 9.37 Å². The maximum absolute atomic E-state index is 13.0. The van der Waals surface area contributed by atoms with Crippen LogP contribution < -0.4 is 5.32 Å². The summed E-state index contributed by atoms with van der Waals surface area (Å²) in [6.45, 7) is 1.58. The normalized spacial score (nSPS) is 11.6. The van der Waals surface area contributed by atoms with Crippen LogP contribution in [0.1, 0.15) is 21.2 Å². The number of aryl methyl sites for hydroxylation is 1. The van der Waals surface area contributed by atoms with Gasteiger partial charge in [-0.05, 0) is 31.2 Å². The van der Waals surface area contributed by atoms with E-state index in [0.717, 1.165) is 11.3 Å². The van der Waals surface area contributed by atoms with Crippen molar-refractivity contribution in [2.75, 3.05) is 5.32 Å². The van der Waals surface area contributed by atoms with E-state index in [1.165, 1.54) is 24.3 Å². The van der Waals surface area contributed by atoms with Gasteiger partial charge in [-0.15, -0.1) is 16.4 Å². The molecule has 25 heavy (non-hydrogen) atoms. The van der Waals surface area contributed by atoms with Crippen molar-refractivity contribution in [3.05, 3.63) is 46.5 Å². The van der Waals surface area contributed by atoms with Crippen LogP contribution >= 0.6 is 11.3 Å². The summed E-state index contributed by atoms with van der Waals surface area (Å²) < 4.78 is 50.4. The van der Waals surface area contributed by atoms with Crippen molar-refractivity contribution in [2.45, 2.75) is 13.1 Å². The molecule has 0 saturated carbocycles. The lowest BCUT2D eigenvalue weighted by Crippen LogP contribution is -2.13. The number of carbonyl (C=O) groups is 1. The predicted octanol–water partition coefficient (Wildman–Crippen LogP) is 3.65. The fourth-order valence-corrected chi connectivity index (χ4v) is 2.89. The SMILES string of the molecule is Cc1nc(-c2ccc(F)cc2)sc1C(=O)Nc1n[nH]c(C(F)(F)F)n1. The number of hydrogen-bond donors (Lipinski definition) is 2. The molecule has 2 aromatic heterocycles. The molecule has 130 valence electrons. The molecule has 3 rings (SSSR count). The summed E-state index contributed by atoms with van der Waals surface area (Å²) in [6.07, 6.45) is -4.69. The zero-order valence-corrected chi connectivity index (χ0v) is 13.3. The molecule has 0 unspecified atom stereocenters. The summed E-state index contributed by atoms with van der Waals surface area (Å²) in [5.41, 5.74) is 0.999. The van der Waals surface area contributed by atoms with E-state index < -0.39 is 29.7 Å². The molecule has 6 nitrogen and oxygen atoms in total. The number of carbonyl (C=O) groups excluding carboxylic acids is 1. The Kier molecular flexibility index (Phi) is 4.25. The Bertz CT molecular complexity index is 916. The highest BCUT2D eigenvalue weighted by atomic mass is 32.1. The van der Waals surface area contributed by atoms with E-state index in [1.54, 1.807) is 12.0 Å². The van der Waals surface area contributed by atoms with Crippen LogP contribution in [0.5, 0.6) is 0 Å². The number of thiazole rings is 1. The average Bonchev–Trinajstić information content (AvgIpc) is 3.14. The van der Waals surface area contributed by atoms with Gasteiger partial charge in [0.15, 0.2) is 0 Å². The van der Waals surface area contributed by atoms with Crippen molar-refractivity contribution in [3.8, 4) is 10.6 Å². The van der Waals surface area contributed by atoms with Gasteiger partial charge in [0, 0.05) is 5.56 Å². The van der Waals surface area contributed by atoms with E-state index >= 15 is 0 Å². The number of rotatable bonds is 3. The third-order valence-electron chi connectivity index (χ3n) is 3.07. The first-order valence-corrected chi connectivity index (χ1v) is 7.60. The molecular formula is C14H9F4N5OS. The zero-order chi connectivity index (χ0) is 18.2. The molecule has 2 N–H and O–H groups in total. The molecule has 1 amide bonds. The number of aromatic nitrogens is 4. The minimum Gasteiger partial charge on any atom is -0.288 e. The van der Waals surface area contributed by atoms with Crippen molar-refractivity contribution >= 4 is 23.2 Å². The van der Waals surface area contributed by atoms with Gasteiger partial charge in [-0.3, -0.25) is 15.2 Å². The third kappa shape index (κ3) is 3.65. The molecule has 0 aliphatic heterocycles. The smallest absolute Gasteiger partial charge is 0.288 e. The van der Waals surface area contributed by atoms with Crippen molar-refractivity contribution in [3.63, 3.8) is 0 Å². The van der Waals surface area contributed by atoms with E-state index in [2.05, 4.69) is 20.4 Å². The maximum Gasteiger partial charge on any atom is 0.451 e. The molecule has 3 aromatic rings. The van der Waals surface area contributed by atoms with Crippen molar-refractivity contribution in [1.82, 2.24) is 20.2 Å². The fraction of sp³-hybridized carbons (Fsp3) is 0.143. The number of nitrogens with one attached hydrogen (secondary N) is 2. The van der Waals surface area contributed by atoms with Gasteiger partial charge in [0.25, 0.3) is 5.91 Å². The van der Waals surface area contributed by atoms with E-state index in [4.69, 9.17) is 0 Å². The number of H-pyrrole nitrogens is 1. The lowest BCUT2D eigenvalue weighted by atomic mass is 10.2. The van der Waals surface area contributed by atoms with Crippen LogP contribution in [-0.4, -0.2) is 26.1 Å². The van der Waals surface area contributed by atoms with Crippen LogP contribution in [0.15, 0.2) is 24.3 Å². The molecule has 0 atom stereocenters. The van der Waals surface area contributed by atoms with Gasteiger partial charge in [0.1, 0.15) is 15.7 Å². The molecule has 1 aromatic carbocycles. The van der Waals surface area contributed by atoms with Crippen LogP contribution in [0.2, 0.25) is 0 Å². The second-order valence-electron chi connectivity index (χ2n) is 4.90. The largest absolute Gasteiger partial charge is 0.451 e. The summed E-state index contributed by atoms with van der Waals surface area (Å²) in [5, 5.41) is 7.68.